The minimum absolute atomic E-state index is 0.111. The molecule has 1 heterocycles. The van der Waals surface area contributed by atoms with Crippen LogP contribution in [0.5, 0.6) is 5.75 Å². The van der Waals surface area contributed by atoms with E-state index >= 15 is 0 Å². The fraction of sp³-hybridized carbons (Fsp3) is 0.429. The Morgan fingerprint density at radius 3 is 3.10 bits per heavy atom. The Morgan fingerprint density at radius 1 is 1.62 bits per heavy atom. The third-order valence-corrected chi connectivity index (χ3v) is 4.40. The average Bonchev–Trinajstić information content (AvgIpc) is 3.01. The van der Waals surface area contributed by atoms with Crippen LogP contribution in [0.1, 0.15) is 24.8 Å². The number of phenolic OH excluding ortho intramolecular Hbond substituents is 1. The zero-order valence-corrected chi connectivity index (χ0v) is 12.0. The van der Waals surface area contributed by atoms with Crippen molar-refractivity contribution in [2.24, 2.45) is 11.1 Å². The lowest BCUT2D eigenvalue weighted by Gasteiger charge is -2.23. The second-order valence-corrected chi connectivity index (χ2v) is 5.58. The molecule has 112 valence electrons. The number of hydrogen-bond acceptors (Lipinski definition) is 5. The van der Waals surface area contributed by atoms with Crippen LogP contribution in [0.3, 0.4) is 0 Å². The molecule has 2 atom stereocenters. The van der Waals surface area contributed by atoms with Gasteiger partial charge in [0.2, 0.25) is 5.60 Å². The highest BCUT2D eigenvalue weighted by molar-refractivity contribution is 6.34. The first-order chi connectivity index (χ1) is 9.99. The lowest BCUT2D eigenvalue weighted by atomic mass is 9.85. The summed E-state index contributed by atoms with van der Waals surface area (Å²) in [4.78, 5) is 17.4. The van der Waals surface area contributed by atoms with Crippen LogP contribution in [0.4, 0.5) is 4.39 Å². The zero-order chi connectivity index (χ0) is 15.2. The molecule has 0 amide bonds. The number of esters is 1. The Morgan fingerprint density at radius 2 is 2.38 bits per heavy atom. The first-order valence-corrected chi connectivity index (χ1v) is 6.90. The van der Waals surface area contributed by atoms with Gasteiger partial charge in [0.1, 0.15) is 0 Å². The highest BCUT2D eigenvalue weighted by atomic mass is 35.5. The van der Waals surface area contributed by atoms with Gasteiger partial charge in [-0.05, 0) is 25.0 Å². The summed E-state index contributed by atoms with van der Waals surface area (Å²) in [6.07, 6.45) is 1.97. The second-order valence-electron chi connectivity index (χ2n) is 5.18. The maximum absolute atomic E-state index is 13.3. The number of benzene rings is 1. The van der Waals surface area contributed by atoms with Crippen molar-refractivity contribution in [1.82, 2.24) is 0 Å². The summed E-state index contributed by atoms with van der Waals surface area (Å²) in [6, 6.07) is 2.22. The number of methoxy groups -OCH3 is 1. The number of nitrogens with zero attached hydrogens (tertiary/aromatic N) is 1. The van der Waals surface area contributed by atoms with Gasteiger partial charge in [-0.15, -0.1) is 0 Å². The van der Waals surface area contributed by atoms with Gasteiger partial charge in [-0.25, -0.2) is 9.18 Å². The van der Waals surface area contributed by atoms with Crippen LogP contribution in [-0.2, 0) is 14.4 Å². The van der Waals surface area contributed by atoms with Crippen molar-refractivity contribution in [2.45, 2.75) is 24.9 Å². The molecule has 1 saturated carbocycles. The molecule has 1 aliphatic heterocycles. The van der Waals surface area contributed by atoms with Gasteiger partial charge in [0.05, 0.1) is 23.8 Å². The summed E-state index contributed by atoms with van der Waals surface area (Å²) in [5, 5.41) is 13.6. The molecule has 1 aliphatic carbocycles. The molecule has 21 heavy (non-hydrogen) atoms. The van der Waals surface area contributed by atoms with E-state index in [0.29, 0.717) is 24.1 Å². The number of carbonyl (C=O) groups is 1. The zero-order valence-electron chi connectivity index (χ0n) is 11.2. The minimum atomic E-state index is -1.13. The highest BCUT2D eigenvalue weighted by Gasteiger charge is 2.59. The molecule has 2 aliphatic rings. The van der Waals surface area contributed by atoms with Crippen LogP contribution in [-0.4, -0.2) is 29.5 Å². The van der Waals surface area contributed by atoms with Gasteiger partial charge in [-0.3, -0.25) is 0 Å². The molecule has 2 unspecified atom stereocenters. The van der Waals surface area contributed by atoms with Gasteiger partial charge >= 0.3 is 5.97 Å². The molecule has 0 spiro atoms. The molecular formula is C14H13ClFNO4. The van der Waals surface area contributed by atoms with Crippen molar-refractivity contribution in [3.8, 4) is 5.75 Å². The largest absolute Gasteiger partial charge is 0.505 e. The molecule has 5 nitrogen and oxygen atoms in total. The predicted octanol–water partition coefficient (Wildman–Crippen LogP) is 2.63. The van der Waals surface area contributed by atoms with Crippen LogP contribution >= 0.6 is 11.6 Å². The normalized spacial score (nSPS) is 27.0. The Labute approximate surface area is 125 Å². The molecule has 0 saturated heterocycles. The van der Waals surface area contributed by atoms with Gasteiger partial charge in [0.15, 0.2) is 11.6 Å². The van der Waals surface area contributed by atoms with E-state index in [4.69, 9.17) is 21.2 Å². The summed E-state index contributed by atoms with van der Waals surface area (Å²) in [5.41, 5.74) is -0.316. The number of carbonyl (C=O) groups excluding carboxylic acids is 1. The topological polar surface area (TPSA) is 68.1 Å². The lowest BCUT2D eigenvalue weighted by molar-refractivity contribution is -0.168. The fourth-order valence-corrected chi connectivity index (χ4v) is 3.31. The molecule has 1 aromatic rings. The van der Waals surface area contributed by atoms with Crippen molar-refractivity contribution in [3.63, 3.8) is 0 Å². The Bertz CT molecular complexity index is 648. The number of phenols is 1. The van der Waals surface area contributed by atoms with E-state index in [0.717, 1.165) is 12.5 Å². The van der Waals surface area contributed by atoms with E-state index in [2.05, 4.69) is 5.16 Å². The minimum Gasteiger partial charge on any atom is -0.505 e. The van der Waals surface area contributed by atoms with E-state index in [1.165, 1.54) is 13.2 Å². The summed E-state index contributed by atoms with van der Waals surface area (Å²) in [5.74, 6) is -2.13. The molecule has 0 aromatic heterocycles. The Kier molecular flexibility index (Phi) is 3.28. The van der Waals surface area contributed by atoms with Gasteiger partial charge in [-0.1, -0.05) is 16.8 Å². The molecule has 0 radical (unpaired) electrons. The summed E-state index contributed by atoms with van der Waals surface area (Å²) >= 11 is 6.03. The van der Waals surface area contributed by atoms with Gasteiger partial charge < -0.3 is 14.7 Å². The Balaban J connectivity index is 2.02. The quantitative estimate of drug-likeness (QED) is 0.852. The maximum atomic E-state index is 13.3. The van der Waals surface area contributed by atoms with E-state index in [1.807, 2.05) is 0 Å². The number of rotatable bonds is 2. The van der Waals surface area contributed by atoms with E-state index in [1.54, 1.807) is 0 Å². The van der Waals surface area contributed by atoms with Crippen molar-refractivity contribution in [2.75, 3.05) is 7.11 Å². The van der Waals surface area contributed by atoms with E-state index < -0.39 is 23.1 Å². The van der Waals surface area contributed by atoms with Crippen LogP contribution in [0, 0.1) is 11.7 Å². The summed E-state index contributed by atoms with van der Waals surface area (Å²) in [7, 11) is 1.30. The summed E-state index contributed by atoms with van der Waals surface area (Å²) in [6.45, 7) is 0. The number of aromatic hydroxyl groups is 1. The fourth-order valence-electron chi connectivity index (χ4n) is 3.06. The van der Waals surface area contributed by atoms with Gasteiger partial charge in [-0.2, -0.15) is 0 Å². The average molecular weight is 314 g/mol. The number of hydrogen-bond donors (Lipinski definition) is 1. The third-order valence-electron chi connectivity index (χ3n) is 4.08. The van der Waals surface area contributed by atoms with Crippen molar-refractivity contribution >= 4 is 23.3 Å². The number of halogens is 2. The maximum Gasteiger partial charge on any atom is 0.353 e. The number of oxime groups is 1. The first-order valence-electron chi connectivity index (χ1n) is 6.52. The lowest BCUT2D eigenvalue weighted by Crippen LogP contribution is -2.43. The number of fused-ring (bicyclic) bond motifs is 1. The van der Waals surface area contributed by atoms with Crippen molar-refractivity contribution in [1.29, 1.82) is 0 Å². The second kappa shape index (κ2) is 4.87. The van der Waals surface area contributed by atoms with E-state index in [9.17, 15) is 14.3 Å². The van der Waals surface area contributed by atoms with Crippen LogP contribution in [0.15, 0.2) is 17.3 Å². The van der Waals surface area contributed by atoms with Crippen molar-refractivity contribution < 1.29 is 23.9 Å². The Hall–Kier alpha value is -1.82. The first kappa shape index (κ1) is 14.1. The highest BCUT2D eigenvalue weighted by Crippen LogP contribution is 2.47. The smallest absolute Gasteiger partial charge is 0.353 e. The SMILES string of the molecule is COC(=O)C12CCCC1C(c1cc(O)c(F)cc1Cl)=NO2. The monoisotopic (exact) mass is 313 g/mol. The van der Waals surface area contributed by atoms with E-state index in [-0.39, 0.29) is 10.9 Å². The van der Waals surface area contributed by atoms with Crippen LogP contribution in [0.25, 0.3) is 0 Å². The standard InChI is InChI=1S/C14H13ClFNO4/c1-20-13(19)14-4-2-3-8(14)12(17-21-14)7-5-11(18)10(16)6-9(7)15/h5-6,8,18H,2-4H2,1H3. The molecule has 1 aromatic carbocycles. The summed E-state index contributed by atoms with van der Waals surface area (Å²) < 4.78 is 18.1. The molecule has 1 N–H and O–H groups in total. The molecular weight excluding hydrogens is 301 g/mol. The predicted molar refractivity (Wildman–Crippen MR) is 72.8 cm³/mol. The van der Waals surface area contributed by atoms with Gasteiger partial charge in [0.25, 0.3) is 0 Å². The third kappa shape index (κ3) is 1.97. The molecule has 0 bridgehead atoms. The van der Waals surface area contributed by atoms with Gasteiger partial charge in [0, 0.05) is 12.0 Å². The van der Waals surface area contributed by atoms with Crippen LogP contribution < -0.4 is 0 Å². The molecule has 1 fully saturated rings. The molecule has 3 rings (SSSR count). The molecule has 7 heteroatoms. The van der Waals surface area contributed by atoms with Crippen molar-refractivity contribution in [3.05, 3.63) is 28.5 Å². The van der Waals surface area contributed by atoms with Crippen LogP contribution in [0.2, 0.25) is 5.02 Å². The number of ether oxygens (including phenoxy) is 1.